The van der Waals surface area contributed by atoms with E-state index in [1.54, 1.807) is 114 Å². The minimum atomic E-state index is -5.07. The third kappa shape index (κ3) is 14.6. The minimum Gasteiger partial charge on any atom is -0.497 e. The lowest BCUT2D eigenvalue weighted by atomic mass is 9.98. The zero-order valence-corrected chi connectivity index (χ0v) is 46.0. The number of pyridine rings is 1. The van der Waals surface area contributed by atoms with Gasteiger partial charge in [0.15, 0.2) is 9.84 Å². The Kier molecular flexibility index (Phi) is 17.4. The largest absolute Gasteiger partial charge is 0.497 e. The maximum absolute atomic E-state index is 16.2. The molecule has 0 radical (unpaired) electrons. The van der Waals surface area contributed by atoms with Gasteiger partial charge >= 0.3 is 12.2 Å². The summed E-state index contributed by atoms with van der Waals surface area (Å²) in [6.45, 7) is 9.72. The minimum absolute atomic E-state index is 0.0331. The van der Waals surface area contributed by atoms with Crippen molar-refractivity contribution in [3.63, 3.8) is 0 Å². The molecular formula is C53H64N10O12S2. The molecule has 0 saturated carbocycles. The number of alkyl carbamates (subject to hydrolysis) is 1. The van der Waals surface area contributed by atoms with Crippen LogP contribution in [0, 0.1) is 0 Å². The van der Waals surface area contributed by atoms with Crippen LogP contribution in [0.1, 0.15) is 75.0 Å². The molecule has 0 spiro atoms. The van der Waals surface area contributed by atoms with Gasteiger partial charge in [0.05, 0.1) is 49.6 Å². The number of methoxy groups -OCH3 is 3. The summed E-state index contributed by atoms with van der Waals surface area (Å²) in [5.74, 6) is -0.266. The van der Waals surface area contributed by atoms with Crippen molar-refractivity contribution in [2.45, 2.75) is 94.6 Å². The topological polar surface area (TPSA) is 279 Å². The Morgan fingerprint density at radius 1 is 0.766 bits per heavy atom. The van der Waals surface area contributed by atoms with Crippen molar-refractivity contribution >= 4 is 43.8 Å². The van der Waals surface area contributed by atoms with E-state index in [0.717, 1.165) is 15.9 Å². The number of tetrazole rings is 1. The van der Waals surface area contributed by atoms with Crippen molar-refractivity contribution < 1.29 is 54.9 Å². The molecule has 3 amide bonds. The van der Waals surface area contributed by atoms with Crippen LogP contribution in [0.2, 0.25) is 0 Å². The lowest BCUT2D eigenvalue weighted by molar-refractivity contribution is 0.0289. The molecule has 24 heteroatoms. The van der Waals surface area contributed by atoms with E-state index in [9.17, 15) is 22.8 Å². The van der Waals surface area contributed by atoms with Crippen molar-refractivity contribution in [1.29, 1.82) is 0 Å². The van der Waals surface area contributed by atoms with Crippen LogP contribution in [-0.2, 0) is 49.0 Å². The van der Waals surface area contributed by atoms with Gasteiger partial charge in [-0.3, -0.25) is 4.79 Å². The number of nitrogen functional groups attached to an aromatic ring is 1. The Hall–Kier alpha value is -7.83. The lowest BCUT2D eigenvalue weighted by Crippen LogP contribution is -2.40. The van der Waals surface area contributed by atoms with Crippen LogP contribution in [0.25, 0.3) is 22.5 Å². The number of nitrogens with one attached hydrogen (secondary N) is 2. The SMILES string of the molecule is COc1ccc(CN(Cc2ccc(OC)cc2)S(=O)(=O)c2c(S(=O)(=O)CCNC(=O)OC(C)(C)C)ccc(-c3cnc(N)c(C(=O)N[C@H]4CCN(C(=O)OC(C)(C)C)C4)c3)c2-c2nnn(Cc3ccc(OC)cc3)n2)cc1. The van der Waals surface area contributed by atoms with Crippen molar-refractivity contribution in [3.05, 3.63) is 119 Å². The fourth-order valence-corrected chi connectivity index (χ4v) is 11.8. The first-order valence-electron chi connectivity index (χ1n) is 24.4. The highest BCUT2D eigenvalue weighted by molar-refractivity contribution is 7.93. The Balaban J connectivity index is 1.42. The molecule has 1 saturated heterocycles. The molecule has 4 N–H and O–H groups in total. The summed E-state index contributed by atoms with van der Waals surface area (Å²) in [5.41, 5.74) is 6.27. The van der Waals surface area contributed by atoms with E-state index >= 15 is 8.42 Å². The number of carbonyl (C=O) groups is 3. The van der Waals surface area contributed by atoms with Gasteiger partial charge in [0.1, 0.15) is 39.2 Å². The van der Waals surface area contributed by atoms with Gasteiger partial charge in [-0.25, -0.2) is 31.4 Å². The van der Waals surface area contributed by atoms with Crippen LogP contribution in [0.4, 0.5) is 15.4 Å². The third-order valence-corrected chi connectivity index (χ3v) is 15.7. The number of aromatic nitrogens is 5. The van der Waals surface area contributed by atoms with Crippen LogP contribution in [0.3, 0.4) is 0 Å². The molecule has 22 nitrogen and oxygen atoms in total. The van der Waals surface area contributed by atoms with Crippen LogP contribution >= 0.6 is 0 Å². The number of sulfone groups is 1. The molecular weight excluding hydrogens is 1030 g/mol. The number of ether oxygens (including phenoxy) is 5. The fraction of sp³-hybridized carbons (Fsp3) is 0.377. The second-order valence-corrected chi connectivity index (χ2v) is 24.0. The summed E-state index contributed by atoms with van der Waals surface area (Å²) in [6.07, 6.45) is 0.313. The number of carbonyl (C=O) groups excluding carboxylic acids is 3. The summed E-state index contributed by atoms with van der Waals surface area (Å²) < 4.78 is 90.4. The van der Waals surface area contributed by atoms with Crippen molar-refractivity contribution in [2.75, 3.05) is 52.5 Å². The number of amides is 3. The average Bonchev–Trinajstić information content (AvgIpc) is 4.10. The first kappa shape index (κ1) is 56.9. The van der Waals surface area contributed by atoms with Crippen LogP contribution in [0.15, 0.2) is 107 Å². The van der Waals surface area contributed by atoms with Crippen molar-refractivity contribution in [3.8, 4) is 39.8 Å². The predicted molar refractivity (Wildman–Crippen MR) is 285 cm³/mol. The molecule has 0 aliphatic carbocycles. The van der Waals surface area contributed by atoms with Crippen LogP contribution < -0.4 is 30.6 Å². The van der Waals surface area contributed by atoms with Crippen LogP contribution in [0.5, 0.6) is 17.2 Å². The normalized spacial score (nSPS) is 14.0. The molecule has 1 aliphatic heterocycles. The number of rotatable bonds is 19. The number of sulfonamides is 1. The number of likely N-dealkylation sites (tertiary alicyclic amines) is 1. The summed E-state index contributed by atoms with van der Waals surface area (Å²) >= 11 is 0. The summed E-state index contributed by atoms with van der Waals surface area (Å²) in [5, 5.41) is 18.8. The highest BCUT2D eigenvalue weighted by Gasteiger charge is 2.39. The van der Waals surface area contributed by atoms with Gasteiger partial charge < -0.3 is 45.0 Å². The first-order chi connectivity index (χ1) is 36.4. The predicted octanol–water partition coefficient (Wildman–Crippen LogP) is 6.49. The summed E-state index contributed by atoms with van der Waals surface area (Å²) in [6, 6.07) is 23.9. The number of benzene rings is 4. The maximum atomic E-state index is 16.2. The highest BCUT2D eigenvalue weighted by atomic mass is 32.2. The van der Waals surface area contributed by atoms with Gasteiger partial charge in [-0.2, -0.15) is 9.10 Å². The molecule has 6 aromatic rings. The molecule has 77 heavy (non-hydrogen) atoms. The van der Waals surface area contributed by atoms with E-state index < -0.39 is 77.3 Å². The zero-order chi connectivity index (χ0) is 55.9. The van der Waals surface area contributed by atoms with Crippen LogP contribution in [-0.4, -0.2) is 133 Å². The molecule has 3 heterocycles. The summed E-state index contributed by atoms with van der Waals surface area (Å²) in [7, 11) is -5.23. The van der Waals surface area contributed by atoms with Gasteiger partial charge in [0.25, 0.3) is 5.91 Å². The van der Waals surface area contributed by atoms with Gasteiger partial charge in [-0.1, -0.05) is 42.5 Å². The lowest BCUT2D eigenvalue weighted by Gasteiger charge is -2.26. The second kappa shape index (κ2) is 23.6. The first-order valence-corrected chi connectivity index (χ1v) is 27.5. The summed E-state index contributed by atoms with van der Waals surface area (Å²) in [4.78, 5) is 45.6. The van der Waals surface area contributed by atoms with E-state index in [0.29, 0.717) is 41.3 Å². The molecule has 1 aliphatic rings. The zero-order valence-electron chi connectivity index (χ0n) is 44.4. The molecule has 0 unspecified atom stereocenters. The van der Waals surface area contributed by atoms with Gasteiger partial charge in [-0.05, 0) is 124 Å². The molecule has 0 bridgehead atoms. The quantitative estimate of drug-likeness (QED) is 0.0782. The Morgan fingerprint density at radius 3 is 1.87 bits per heavy atom. The Labute approximate surface area is 448 Å². The molecule has 1 fully saturated rings. The smallest absolute Gasteiger partial charge is 0.410 e. The number of nitrogens with two attached hydrogens (primary N) is 1. The molecule has 7 rings (SSSR count). The van der Waals surface area contributed by atoms with Gasteiger partial charge in [-0.15, -0.1) is 10.2 Å². The van der Waals surface area contributed by atoms with E-state index in [1.807, 2.05) is 0 Å². The highest BCUT2D eigenvalue weighted by Crippen LogP contribution is 2.42. The van der Waals surface area contributed by atoms with Crippen molar-refractivity contribution in [2.24, 2.45) is 0 Å². The number of nitrogens with zero attached hydrogens (tertiary/aromatic N) is 7. The molecule has 410 valence electrons. The Morgan fingerprint density at radius 2 is 1.32 bits per heavy atom. The number of hydrogen-bond acceptors (Lipinski definition) is 17. The van der Waals surface area contributed by atoms with Crippen molar-refractivity contribution in [1.82, 2.24) is 45.0 Å². The van der Waals surface area contributed by atoms with Gasteiger partial charge in [0.2, 0.25) is 15.8 Å². The number of hydrogen-bond donors (Lipinski definition) is 3. The fourth-order valence-electron chi connectivity index (χ4n) is 8.21. The van der Waals surface area contributed by atoms with Gasteiger partial charge in [0, 0.05) is 50.5 Å². The third-order valence-electron chi connectivity index (χ3n) is 11.9. The monoisotopic (exact) mass is 1100 g/mol. The van der Waals surface area contributed by atoms with E-state index in [2.05, 4.69) is 25.9 Å². The standard InChI is InChI=1S/C53H64N10O12S2/c1-52(2,3)74-50(65)55-25-27-76(67,68)44-23-22-42(37-28-43(47(54)56-29-37)49(64)57-38-24-26-61(33-38)51(66)75-53(4,5)6)45(48-58-60-63(59-48)32-36-14-20-41(73-9)21-15-36)46(44)77(69,70)62(30-34-10-16-39(71-7)17-11-34)31-35-12-18-40(72-8)19-13-35/h10-23,28-29,38H,24-27,30-33H2,1-9H3,(H2,54,56)(H,55,65)(H,57,64)/t38-/m0/s1. The van der Waals surface area contributed by atoms with E-state index in [4.69, 9.17) is 34.5 Å². The average molecular weight is 1100 g/mol. The Bertz CT molecular complexity index is 3260. The maximum Gasteiger partial charge on any atom is 0.410 e. The molecule has 4 aromatic carbocycles. The molecule has 2 aromatic heterocycles. The molecule has 1 atom stereocenters. The number of anilines is 1. The second-order valence-electron chi connectivity index (χ2n) is 20.1. The van der Waals surface area contributed by atoms with E-state index in [-0.39, 0.29) is 60.1 Å². The van der Waals surface area contributed by atoms with E-state index in [1.165, 1.54) is 49.4 Å².